The van der Waals surface area contributed by atoms with E-state index in [0.717, 1.165) is 6.20 Å². The zero-order valence-corrected chi connectivity index (χ0v) is 19.1. The minimum Gasteiger partial charge on any atom is -0.481 e. The van der Waals surface area contributed by atoms with Crippen molar-refractivity contribution >= 4 is 29.1 Å². The molecule has 3 heterocycles. The average Bonchev–Trinajstić information content (AvgIpc) is 2.72. The molecule has 3 atom stereocenters. The van der Waals surface area contributed by atoms with E-state index in [-0.39, 0.29) is 12.0 Å². The van der Waals surface area contributed by atoms with Crippen molar-refractivity contribution in [3.05, 3.63) is 35.8 Å². The zero-order valence-electron chi connectivity index (χ0n) is 19.1. The summed E-state index contributed by atoms with van der Waals surface area (Å²) in [5, 5.41) is 2.76. The molecule has 3 unspecified atom stereocenters. The second-order valence-corrected chi connectivity index (χ2v) is 8.81. The molecule has 2 aromatic rings. The number of methoxy groups -OCH3 is 1. The fourth-order valence-electron chi connectivity index (χ4n) is 3.59. The van der Waals surface area contributed by atoms with Crippen molar-refractivity contribution < 1.29 is 28.2 Å². The van der Waals surface area contributed by atoms with Gasteiger partial charge in [0.05, 0.1) is 43.5 Å². The van der Waals surface area contributed by atoms with Crippen molar-refractivity contribution in [3.8, 4) is 5.88 Å². The van der Waals surface area contributed by atoms with E-state index in [1.165, 1.54) is 7.11 Å². The van der Waals surface area contributed by atoms with E-state index < -0.39 is 41.7 Å². The third kappa shape index (κ3) is 6.61. The highest BCUT2D eigenvalue weighted by atomic mass is 19.1. The topological polar surface area (TPSA) is 126 Å². The van der Waals surface area contributed by atoms with E-state index >= 15 is 0 Å². The number of carbonyl (C=O) groups excluding carboxylic acids is 2. The van der Waals surface area contributed by atoms with Crippen LogP contribution in [0.5, 0.6) is 5.88 Å². The summed E-state index contributed by atoms with van der Waals surface area (Å²) in [6, 6.07) is 2.91. The predicted molar refractivity (Wildman–Crippen MR) is 120 cm³/mol. The number of nitrogens with zero attached hydrogens (tertiary/aromatic N) is 2. The fourth-order valence-corrected chi connectivity index (χ4v) is 3.59. The molecule has 3 N–H and O–H groups in total. The van der Waals surface area contributed by atoms with Crippen LogP contribution in [0.2, 0.25) is 0 Å². The van der Waals surface area contributed by atoms with Gasteiger partial charge < -0.3 is 25.3 Å². The molecule has 0 saturated carbocycles. The number of rotatable bonds is 6. The molecule has 1 aliphatic heterocycles. The number of halogens is 1. The number of nitrogens with two attached hydrogens (primary N) is 1. The van der Waals surface area contributed by atoms with Crippen LogP contribution in [0.4, 0.5) is 9.18 Å². The lowest BCUT2D eigenvalue weighted by Gasteiger charge is -2.36. The van der Waals surface area contributed by atoms with Gasteiger partial charge in [0.2, 0.25) is 11.8 Å². The Morgan fingerprint density at radius 1 is 1.33 bits per heavy atom. The molecule has 2 aromatic heterocycles. The monoisotopic (exact) mass is 460 g/mol. The molecule has 10 heteroatoms. The maximum absolute atomic E-state index is 14.5. The van der Waals surface area contributed by atoms with E-state index in [0.29, 0.717) is 29.8 Å². The fraction of sp³-hybridized carbons (Fsp3) is 0.478. The van der Waals surface area contributed by atoms with Crippen LogP contribution < -0.4 is 15.8 Å². The van der Waals surface area contributed by atoms with Crippen molar-refractivity contribution in [3.63, 3.8) is 0 Å². The lowest BCUT2D eigenvalue weighted by Crippen LogP contribution is -2.51. The van der Waals surface area contributed by atoms with Crippen LogP contribution in [0.3, 0.4) is 0 Å². The lowest BCUT2D eigenvalue weighted by atomic mass is 9.95. The van der Waals surface area contributed by atoms with E-state index in [1.807, 2.05) is 0 Å². The summed E-state index contributed by atoms with van der Waals surface area (Å²) >= 11 is 0. The number of aromatic nitrogens is 2. The minimum atomic E-state index is -0.655. The number of ether oxygens (including phenoxy) is 3. The van der Waals surface area contributed by atoms with Crippen molar-refractivity contribution in [1.29, 1.82) is 0 Å². The maximum Gasteiger partial charge on any atom is 0.407 e. The summed E-state index contributed by atoms with van der Waals surface area (Å²) in [4.78, 5) is 32.1. The summed E-state index contributed by atoms with van der Waals surface area (Å²) in [6.07, 6.45) is 3.76. The number of carbonyl (C=O) groups is 2. The van der Waals surface area contributed by atoms with Gasteiger partial charge in [-0.2, -0.15) is 0 Å². The molecular weight excluding hydrogens is 431 g/mol. The van der Waals surface area contributed by atoms with E-state index in [1.54, 1.807) is 45.1 Å². The van der Waals surface area contributed by atoms with Crippen molar-refractivity contribution in [2.24, 2.45) is 5.73 Å². The Balaban J connectivity index is 1.77. The van der Waals surface area contributed by atoms with Gasteiger partial charge in [0.15, 0.2) is 5.82 Å². The standard InChI is InChI=1S/C23H29FN4O5/c1-23(2,3)33-22(30)27-16-8-6-13(32-18(16)11-19(25)29)5-7-14-15(24)12-26-17-9-10-20(31-4)28-21(14)17/h5,7,9-10,12-13,16,18H,6,8,11H2,1-4H3,(H2,25,29)(H,27,30). The Hall–Kier alpha value is -3.27. The molecule has 0 radical (unpaired) electrons. The number of amides is 2. The van der Waals surface area contributed by atoms with Crippen LogP contribution >= 0.6 is 0 Å². The quantitative estimate of drug-likeness (QED) is 0.678. The number of pyridine rings is 2. The van der Waals surface area contributed by atoms with Crippen LogP contribution in [0.1, 0.15) is 45.6 Å². The lowest BCUT2D eigenvalue weighted by molar-refractivity contribution is -0.124. The smallest absolute Gasteiger partial charge is 0.407 e. The minimum absolute atomic E-state index is 0.0733. The van der Waals surface area contributed by atoms with Gasteiger partial charge in [-0.1, -0.05) is 12.2 Å². The van der Waals surface area contributed by atoms with Gasteiger partial charge >= 0.3 is 6.09 Å². The number of hydrogen-bond acceptors (Lipinski definition) is 7. The zero-order chi connectivity index (χ0) is 24.2. The first-order chi connectivity index (χ1) is 15.6. The molecule has 0 bridgehead atoms. The van der Waals surface area contributed by atoms with E-state index in [4.69, 9.17) is 19.9 Å². The van der Waals surface area contributed by atoms with Crippen LogP contribution in [-0.4, -0.2) is 52.9 Å². The van der Waals surface area contributed by atoms with Gasteiger partial charge in [-0.15, -0.1) is 0 Å². The first-order valence-electron chi connectivity index (χ1n) is 10.7. The van der Waals surface area contributed by atoms with Crippen LogP contribution in [0.25, 0.3) is 17.1 Å². The van der Waals surface area contributed by atoms with Gasteiger partial charge in [0.1, 0.15) is 11.1 Å². The van der Waals surface area contributed by atoms with Crippen LogP contribution in [0.15, 0.2) is 24.4 Å². The summed E-state index contributed by atoms with van der Waals surface area (Å²) < 4.78 is 31.0. The highest BCUT2D eigenvalue weighted by molar-refractivity contribution is 5.84. The third-order valence-electron chi connectivity index (χ3n) is 5.03. The normalized spacial score (nSPS) is 21.2. The SMILES string of the molecule is COc1ccc2ncc(F)c(C=CC3CCC(NC(=O)OC(C)(C)C)C(CC(N)=O)O3)c2n1. The molecule has 3 rings (SSSR count). The Morgan fingerprint density at radius 2 is 2.09 bits per heavy atom. The Bertz CT molecular complexity index is 1050. The number of fused-ring (bicyclic) bond motifs is 1. The van der Waals surface area contributed by atoms with Crippen molar-refractivity contribution in [1.82, 2.24) is 15.3 Å². The van der Waals surface area contributed by atoms with Crippen molar-refractivity contribution in [2.45, 2.75) is 63.9 Å². The summed E-state index contributed by atoms with van der Waals surface area (Å²) in [5.41, 5.74) is 5.86. The largest absolute Gasteiger partial charge is 0.481 e. The Kier molecular flexibility index (Phi) is 7.47. The Labute approximate surface area is 191 Å². The molecular formula is C23H29FN4O5. The van der Waals surface area contributed by atoms with Gasteiger partial charge in [-0.25, -0.2) is 14.2 Å². The second-order valence-electron chi connectivity index (χ2n) is 8.81. The van der Waals surface area contributed by atoms with E-state index in [2.05, 4.69) is 15.3 Å². The van der Waals surface area contributed by atoms with Gasteiger partial charge in [-0.3, -0.25) is 9.78 Å². The van der Waals surface area contributed by atoms with E-state index in [9.17, 15) is 14.0 Å². The molecule has 178 valence electrons. The Morgan fingerprint density at radius 3 is 2.76 bits per heavy atom. The second kappa shape index (κ2) is 10.1. The highest BCUT2D eigenvalue weighted by Gasteiger charge is 2.33. The third-order valence-corrected chi connectivity index (χ3v) is 5.03. The molecule has 0 aromatic carbocycles. The summed E-state index contributed by atoms with van der Waals surface area (Å²) in [6.45, 7) is 5.29. The molecule has 33 heavy (non-hydrogen) atoms. The summed E-state index contributed by atoms with van der Waals surface area (Å²) in [7, 11) is 1.48. The molecule has 1 fully saturated rings. The number of hydrogen-bond donors (Lipinski definition) is 2. The van der Waals surface area contributed by atoms with Gasteiger partial charge in [0.25, 0.3) is 0 Å². The number of alkyl carbamates (subject to hydrolysis) is 1. The first kappa shape index (κ1) is 24.4. The average molecular weight is 461 g/mol. The molecule has 0 aliphatic carbocycles. The first-order valence-corrected chi connectivity index (χ1v) is 10.7. The van der Waals surface area contributed by atoms with Crippen LogP contribution in [-0.2, 0) is 14.3 Å². The van der Waals surface area contributed by atoms with Gasteiger partial charge in [-0.05, 0) is 39.7 Å². The van der Waals surface area contributed by atoms with Crippen LogP contribution in [0, 0.1) is 5.82 Å². The molecule has 2 amide bonds. The molecule has 9 nitrogen and oxygen atoms in total. The molecule has 1 aliphatic rings. The number of nitrogens with one attached hydrogen (secondary N) is 1. The number of primary amides is 1. The van der Waals surface area contributed by atoms with Crippen molar-refractivity contribution in [2.75, 3.05) is 7.11 Å². The van der Waals surface area contributed by atoms with Gasteiger partial charge in [0, 0.05) is 11.6 Å². The predicted octanol–water partition coefficient (Wildman–Crippen LogP) is 3.11. The summed E-state index contributed by atoms with van der Waals surface area (Å²) in [5.74, 6) is -0.743. The maximum atomic E-state index is 14.5. The molecule has 1 saturated heterocycles. The molecule has 0 spiro atoms. The highest BCUT2D eigenvalue weighted by Crippen LogP contribution is 2.26.